The van der Waals surface area contributed by atoms with Gasteiger partial charge in [-0.1, -0.05) is 11.3 Å². The quantitative estimate of drug-likeness (QED) is 0.838. The monoisotopic (exact) mass is 397 g/mol. The standard InChI is InChI=1S/C16H19N3O5S2/c20-15(13-10-23-7-8-24-13)18-16-17-12-4-3-11(9-14(12)25-16)26(21,22)19-5-1-2-6-19/h3-4,9,13H,1-2,5-8,10H2,(H,17,18,20). The van der Waals surface area contributed by atoms with Gasteiger partial charge in [0.25, 0.3) is 5.91 Å². The number of thiazole rings is 1. The van der Waals surface area contributed by atoms with Crippen LogP contribution in [0.2, 0.25) is 0 Å². The molecule has 2 aliphatic rings. The van der Waals surface area contributed by atoms with Crippen LogP contribution in [0.25, 0.3) is 10.2 Å². The van der Waals surface area contributed by atoms with Gasteiger partial charge in [0.15, 0.2) is 11.2 Å². The van der Waals surface area contributed by atoms with Crippen LogP contribution in [0.1, 0.15) is 12.8 Å². The highest BCUT2D eigenvalue weighted by Gasteiger charge is 2.28. The molecule has 0 saturated carbocycles. The number of sulfonamides is 1. The lowest BCUT2D eigenvalue weighted by molar-refractivity contribution is -0.142. The zero-order valence-corrected chi connectivity index (χ0v) is 15.6. The fraction of sp³-hybridized carbons (Fsp3) is 0.500. The lowest BCUT2D eigenvalue weighted by Crippen LogP contribution is -2.39. The van der Waals surface area contributed by atoms with Crippen LogP contribution in [0.5, 0.6) is 0 Å². The first-order chi connectivity index (χ1) is 12.5. The maximum absolute atomic E-state index is 12.7. The van der Waals surface area contributed by atoms with Crippen molar-refractivity contribution in [2.24, 2.45) is 0 Å². The summed E-state index contributed by atoms with van der Waals surface area (Å²) in [5.74, 6) is -0.311. The number of ether oxygens (including phenoxy) is 2. The third-order valence-electron chi connectivity index (χ3n) is 4.40. The molecule has 0 bridgehead atoms. The molecule has 0 aliphatic carbocycles. The maximum atomic E-state index is 12.7. The molecule has 0 spiro atoms. The average Bonchev–Trinajstić information content (AvgIpc) is 3.31. The molecule has 1 N–H and O–H groups in total. The molecule has 2 saturated heterocycles. The van der Waals surface area contributed by atoms with Crippen molar-refractivity contribution in [1.29, 1.82) is 0 Å². The van der Waals surface area contributed by atoms with Crippen molar-refractivity contribution in [1.82, 2.24) is 9.29 Å². The summed E-state index contributed by atoms with van der Waals surface area (Å²) in [7, 11) is -3.47. The van der Waals surface area contributed by atoms with E-state index in [1.54, 1.807) is 18.2 Å². The summed E-state index contributed by atoms with van der Waals surface area (Å²) in [5.41, 5.74) is 0.645. The largest absolute Gasteiger partial charge is 0.376 e. The zero-order chi connectivity index (χ0) is 18.1. The smallest absolute Gasteiger partial charge is 0.257 e. The molecule has 140 valence electrons. The van der Waals surface area contributed by atoms with Gasteiger partial charge in [-0.15, -0.1) is 0 Å². The Morgan fingerprint density at radius 3 is 2.81 bits per heavy atom. The molecule has 2 aliphatic heterocycles. The van der Waals surface area contributed by atoms with E-state index in [0.717, 1.165) is 12.8 Å². The summed E-state index contributed by atoms with van der Waals surface area (Å²) in [5, 5.41) is 3.13. The highest BCUT2D eigenvalue weighted by atomic mass is 32.2. The molecule has 1 amide bonds. The minimum atomic E-state index is -3.47. The van der Waals surface area contributed by atoms with E-state index in [4.69, 9.17) is 9.47 Å². The Hall–Kier alpha value is -1.59. The molecule has 0 radical (unpaired) electrons. The molecule has 2 fully saturated rings. The minimum absolute atomic E-state index is 0.217. The molecule has 1 aromatic carbocycles. The fourth-order valence-corrected chi connectivity index (χ4v) is 5.55. The van der Waals surface area contributed by atoms with Crippen LogP contribution in [0.4, 0.5) is 5.13 Å². The number of hydrogen-bond donors (Lipinski definition) is 1. The first-order valence-electron chi connectivity index (χ1n) is 8.45. The second kappa shape index (κ2) is 7.20. The SMILES string of the molecule is O=C(Nc1nc2ccc(S(=O)(=O)N3CCCC3)cc2s1)C1COCCO1. The highest BCUT2D eigenvalue weighted by molar-refractivity contribution is 7.89. The summed E-state index contributed by atoms with van der Waals surface area (Å²) in [6.45, 7) is 2.21. The second-order valence-corrected chi connectivity index (χ2v) is 9.15. The number of nitrogens with zero attached hydrogens (tertiary/aromatic N) is 2. The molecule has 1 unspecified atom stereocenters. The summed E-state index contributed by atoms with van der Waals surface area (Å²) in [4.78, 5) is 16.8. The van der Waals surface area contributed by atoms with Gasteiger partial charge in [-0.05, 0) is 31.0 Å². The summed E-state index contributed by atoms with van der Waals surface area (Å²) in [6.07, 6.45) is 1.14. The number of anilines is 1. The number of aromatic nitrogens is 1. The molecular formula is C16H19N3O5S2. The summed E-state index contributed by atoms with van der Waals surface area (Å²) in [6, 6.07) is 4.86. The van der Waals surface area contributed by atoms with E-state index in [-0.39, 0.29) is 17.4 Å². The van der Waals surface area contributed by atoms with Crippen molar-refractivity contribution < 1.29 is 22.7 Å². The molecule has 3 heterocycles. The molecule has 2 aromatic rings. The lowest BCUT2D eigenvalue weighted by atomic mass is 10.3. The van der Waals surface area contributed by atoms with Gasteiger partial charge in [0, 0.05) is 13.1 Å². The van der Waals surface area contributed by atoms with Crippen molar-refractivity contribution in [2.75, 3.05) is 38.2 Å². The second-order valence-electron chi connectivity index (χ2n) is 6.18. The normalized spacial score (nSPS) is 21.9. The van der Waals surface area contributed by atoms with Gasteiger partial charge in [0.1, 0.15) is 0 Å². The summed E-state index contributed by atoms with van der Waals surface area (Å²) < 4.78 is 38.2. The van der Waals surface area contributed by atoms with E-state index in [2.05, 4.69) is 10.3 Å². The Morgan fingerprint density at radius 2 is 2.08 bits per heavy atom. The van der Waals surface area contributed by atoms with Crippen molar-refractivity contribution in [3.05, 3.63) is 18.2 Å². The van der Waals surface area contributed by atoms with E-state index in [1.165, 1.54) is 15.6 Å². The number of rotatable bonds is 4. The van der Waals surface area contributed by atoms with Crippen molar-refractivity contribution in [3.8, 4) is 0 Å². The van der Waals surface area contributed by atoms with E-state index in [9.17, 15) is 13.2 Å². The molecule has 1 aromatic heterocycles. The van der Waals surface area contributed by atoms with Gasteiger partial charge < -0.3 is 9.47 Å². The number of benzene rings is 1. The predicted octanol–water partition coefficient (Wildman–Crippen LogP) is 1.43. The van der Waals surface area contributed by atoms with Crippen molar-refractivity contribution in [2.45, 2.75) is 23.8 Å². The Balaban J connectivity index is 1.55. The molecule has 8 nitrogen and oxygen atoms in total. The third-order valence-corrected chi connectivity index (χ3v) is 7.23. The van der Waals surface area contributed by atoms with Gasteiger partial charge in [0.05, 0.1) is 34.9 Å². The van der Waals surface area contributed by atoms with Gasteiger partial charge in [-0.3, -0.25) is 10.1 Å². The average molecular weight is 397 g/mol. The zero-order valence-electron chi connectivity index (χ0n) is 14.0. The Kier molecular flexibility index (Phi) is 4.93. The number of carbonyl (C=O) groups excluding carboxylic acids is 1. The number of fused-ring (bicyclic) bond motifs is 1. The van der Waals surface area contributed by atoms with Crippen LogP contribution in [-0.4, -0.2) is 62.6 Å². The molecule has 4 rings (SSSR count). The van der Waals surface area contributed by atoms with Gasteiger partial charge in [0.2, 0.25) is 10.0 Å². The van der Waals surface area contributed by atoms with Crippen molar-refractivity contribution in [3.63, 3.8) is 0 Å². The highest BCUT2D eigenvalue weighted by Crippen LogP contribution is 2.30. The van der Waals surface area contributed by atoms with Gasteiger partial charge in [-0.25, -0.2) is 13.4 Å². The van der Waals surface area contributed by atoms with Gasteiger partial charge >= 0.3 is 0 Å². The number of nitrogens with one attached hydrogen (secondary N) is 1. The topological polar surface area (TPSA) is 97.8 Å². The summed E-state index contributed by atoms with van der Waals surface area (Å²) >= 11 is 1.24. The molecule has 10 heteroatoms. The van der Waals surface area contributed by atoms with Crippen LogP contribution in [-0.2, 0) is 24.3 Å². The van der Waals surface area contributed by atoms with Crippen LogP contribution in [0.15, 0.2) is 23.1 Å². The van der Waals surface area contributed by atoms with E-state index < -0.39 is 16.1 Å². The Bertz CT molecular complexity index is 915. The third kappa shape index (κ3) is 3.47. The number of hydrogen-bond acceptors (Lipinski definition) is 7. The first-order valence-corrected chi connectivity index (χ1v) is 10.7. The van der Waals surface area contributed by atoms with Crippen LogP contribution in [0.3, 0.4) is 0 Å². The van der Waals surface area contributed by atoms with E-state index >= 15 is 0 Å². The van der Waals surface area contributed by atoms with E-state index in [1.807, 2.05) is 0 Å². The van der Waals surface area contributed by atoms with Crippen LogP contribution < -0.4 is 5.32 Å². The minimum Gasteiger partial charge on any atom is -0.376 e. The van der Waals surface area contributed by atoms with Crippen LogP contribution >= 0.6 is 11.3 Å². The number of carbonyl (C=O) groups is 1. The van der Waals surface area contributed by atoms with Crippen LogP contribution in [0, 0.1) is 0 Å². The Morgan fingerprint density at radius 1 is 1.27 bits per heavy atom. The lowest BCUT2D eigenvalue weighted by Gasteiger charge is -2.21. The maximum Gasteiger partial charge on any atom is 0.257 e. The first kappa shape index (κ1) is 17.8. The fourth-order valence-electron chi connectivity index (χ4n) is 3.02. The predicted molar refractivity (Wildman–Crippen MR) is 96.8 cm³/mol. The van der Waals surface area contributed by atoms with Crippen molar-refractivity contribution >= 4 is 42.6 Å². The van der Waals surface area contributed by atoms with E-state index in [0.29, 0.717) is 41.7 Å². The molecule has 1 atom stereocenters. The van der Waals surface area contributed by atoms with Gasteiger partial charge in [-0.2, -0.15) is 4.31 Å². The Labute approximate surface area is 155 Å². The molecular weight excluding hydrogens is 378 g/mol. The number of amides is 1. The molecule has 26 heavy (non-hydrogen) atoms.